The summed E-state index contributed by atoms with van der Waals surface area (Å²) in [5.74, 6) is 0.606. The van der Waals surface area contributed by atoms with Gasteiger partial charge in [0.05, 0.1) is 4.90 Å². The second-order valence-corrected chi connectivity index (χ2v) is 8.70. The van der Waals surface area contributed by atoms with Crippen LogP contribution in [0.1, 0.15) is 31.4 Å². The van der Waals surface area contributed by atoms with Gasteiger partial charge in [0, 0.05) is 24.7 Å². The Morgan fingerprint density at radius 1 is 1.18 bits per heavy atom. The van der Waals surface area contributed by atoms with Crippen molar-refractivity contribution in [2.45, 2.75) is 30.6 Å². The predicted molar refractivity (Wildman–Crippen MR) is 112 cm³/mol. The van der Waals surface area contributed by atoms with Gasteiger partial charge in [-0.05, 0) is 65.2 Å². The molecule has 1 aromatic heterocycles. The molecular weight excluding hydrogens is 446 g/mol. The molecule has 0 bridgehead atoms. The van der Waals surface area contributed by atoms with Crippen LogP contribution < -0.4 is 10.0 Å². The lowest BCUT2D eigenvalue weighted by Crippen LogP contribution is -2.30. The Hall–Kier alpha value is -2.39. The van der Waals surface area contributed by atoms with Crippen LogP contribution in [0.2, 0.25) is 0 Å². The molecule has 9 heteroatoms. The molecule has 0 fully saturated rings. The maximum atomic E-state index is 12.6. The number of carbonyl (C=O) groups excluding carboxylic acids is 1. The molecule has 1 aliphatic heterocycles. The zero-order valence-electron chi connectivity index (χ0n) is 15.0. The van der Waals surface area contributed by atoms with Crippen molar-refractivity contribution in [3.8, 4) is 0 Å². The van der Waals surface area contributed by atoms with Crippen LogP contribution in [0.3, 0.4) is 0 Å². The highest BCUT2D eigenvalue weighted by atomic mass is 79.9. The smallest absolute Gasteiger partial charge is 0.262 e. The van der Waals surface area contributed by atoms with Crippen molar-refractivity contribution in [1.29, 1.82) is 0 Å². The van der Waals surface area contributed by atoms with E-state index in [1.807, 2.05) is 0 Å². The summed E-state index contributed by atoms with van der Waals surface area (Å²) in [7, 11) is -3.76. The molecule has 28 heavy (non-hydrogen) atoms. The number of sulfonamides is 1. The Morgan fingerprint density at radius 2 is 2.04 bits per heavy atom. The van der Waals surface area contributed by atoms with Gasteiger partial charge >= 0.3 is 0 Å². The summed E-state index contributed by atoms with van der Waals surface area (Å²) in [5, 5.41) is 2.64. The van der Waals surface area contributed by atoms with Crippen LogP contribution in [0.5, 0.6) is 0 Å². The molecule has 0 radical (unpaired) electrons. The van der Waals surface area contributed by atoms with Gasteiger partial charge in [0.15, 0.2) is 4.67 Å². The normalized spacial score (nSPS) is 15.1. The number of benzene rings is 1. The summed E-state index contributed by atoms with van der Waals surface area (Å²) >= 11 is 3.19. The summed E-state index contributed by atoms with van der Waals surface area (Å²) in [4.78, 5) is 16.4. The molecule has 3 rings (SSSR count). The molecule has 0 atom stereocenters. The number of hydrogen-bond donors (Lipinski definition) is 2. The fourth-order valence-corrected chi connectivity index (χ4v) is 4.13. The number of aliphatic imine (C=N–C) groups is 1. The summed E-state index contributed by atoms with van der Waals surface area (Å²) in [6, 6.07) is 9.52. The number of hydrogen-bond acceptors (Lipinski definition) is 5. The van der Waals surface area contributed by atoms with Gasteiger partial charge < -0.3 is 9.73 Å². The van der Waals surface area contributed by atoms with Gasteiger partial charge in [0.1, 0.15) is 11.6 Å². The van der Waals surface area contributed by atoms with E-state index in [1.165, 1.54) is 24.3 Å². The van der Waals surface area contributed by atoms with Crippen LogP contribution in [0, 0.1) is 0 Å². The standard InChI is InChI=1S/C19H20BrN3O4S/c20-17-10-8-15(27-17)9-11-19(24)22-14-5-4-6-16(13-14)28(25,26)23-18-7-2-1-3-12-21-18/h4-6,8-11,13H,1-3,7,12H2,(H,21,23)(H,22,24)/b11-9+. The number of amidine groups is 1. The van der Waals surface area contributed by atoms with Gasteiger partial charge in [-0.15, -0.1) is 0 Å². The zero-order valence-corrected chi connectivity index (χ0v) is 17.4. The number of anilines is 1. The van der Waals surface area contributed by atoms with Crippen LogP contribution in [-0.2, 0) is 14.8 Å². The molecule has 2 N–H and O–H groups in total. The van der Waals surface area contributed by atoms with E-state index >= 15 is 0 Å². The van der Waals surface area contributed by atoms with Crippen LogP contribution in [0.25, 0.3) is 6.08 Å². The quantitative estimate of drug-likeness (QED) is 0.652. The average Bonchev–Trinajstić information content (AvgIpc) is 2.91. The fourth-order valence-electron chi connectivity index (χ4n) is 2.67. The van der Waals surface area contributed by atoms with Gasteiger partial charge in [-0.2, -0.15) is 0 Å². The van der Waals surface area contributed by atoms with E-state index in [4.69, 9.17) is 4.42 Å². The van der Waals surface area contributed by atoms with Crippen LogP contribution in [0.4, 0.5) is 5.69 Å². The Kier molecular flexibility index (Phi) is 6.69. The summed E-state index contributed by atoms with van der Waals surface area (Å²) in [6.45, 7) is 0.631. The van der Waals surface area contributed by atoms with Crippen molar-refractivity contribution >= 4 is 49.5 Å². The minimum Gasteiger partial charge on any atom is -0.450 e. The van der Waals surface area contributed by atoms with Gasteiger partial charge in [0.2, 0.25) is 5.91 Å². The van der Waals surface area contributed by atoms with Crippen molar-refractivity contribution in [2.75, 3.05) is 11.9 Å². The molecule has 1 aliphatic rings. The van der Waals surface area contributed by atoms with E-state index in [2.05, 4.69) is 31.0 Å². The molecule has 0 aliphatic carbocycles. The Balaban J connectivity index is 1.68. The maximum Gasteiger partial charge on any atom is 0.262 e. The SMILES string of the molecule is O=C(/C=C/c1ccc(Br)o1)Nc1cccc(S(=O)(=O)NC2=NCCCCC2)c1. The Labute approximate surface area is 172 Å². The first-order valence-electron chi connectivity index (χ1n) is 8.83. The second kappa shape index (κ2) is 9.20. The molecule has 0 saturated heterocycles. The molecule has 1 amide bonds. The first-order valence-corrected chi connectivity index (χ1v) is 11.1. The molecular formula is C19H20BrN3O4S. The summed E-state index contributed by atoms with van der Waals surface area (Å²) < 4.78 is 33.7. The molecule has 2 heterocycles. The summed E-state index contributed by atoms with van der Waals surface area (Å²) in [5.41, 5.74) is 0.376. The van der Waals surface area contributed by atoms with Crippen LogP contribution in [-0.4, -0.2) is 26.7 Å². The topological polar surface area (TPSA) is 101 Å². The number of furan rings is 1. The third-order valence-corrected chi connectivity index (χ3v) is 5.84. The van der Waals surface area contributed by atoms with E-state index in [-0.39, 0.29) is 4.90 Å². The number of rotatable bonds is 5. The second-order valence-electron chi connectivity index (χ2n) is 6.24. The minimum atomic E-state index is -3.76. The zero-order chi connectivity index (χ0) is 20.0. The minimum absolute atomic E-state index is 0.0659. The third-order valence-electron chi connectivity index (χ3n) is 4.03. The van der Waals surface area contributed by atoms with E-state index in [9.17, 15) is 13.2 Å². The Bertz CT molecular complexity index is 1010. The molecule has 0 saturated carbocycles. The van der Waals surface area contributed by atoms with E-state index in [0.717, 1.165) is 19.3 Å². The van der Waals surface area contributed by atoms with Gasteiger partial charge in [-0.3, -0.25) is 14.5 Å². The number of halogens is 1. The van der Waals surface area contributed by atoms with Crippen molar-refractivity contribution in [3.05, 3.63) is 52.9 Å². The van der Waals surface area contributed by atoms with Crippen molar-refractivity contribution < 1.29 is 17.6 Å². The van der Waals surface area contributed by atoms with Gasteiger partial charge in [0.25, 0.3) is 10.0 Å². The van der Waals surface area contributed by atoms with E-state index in [1.54, 1.807) is 24.3 Å². The van der Waals surface area contributed by atoms with Gasteiger partial charge in [-0.1, -0.05) is 12.5 Å². The molecule has 2 aromatic rings. The largest absolute Gasteiger partial charge is 0.450 e. The maximum absolute atomic E-state index is 12.6. The first-order chi connectivity index (χ1) is 13.4. The molecule has 1 aromatic carbocycles. The average molecular weight is 466 g/mol. The number of amides is 1. The van der Waals surface area contributed by atoms with Crippen LogP contribution >= 0.6 is 15.9 Å². The monoisotopic (exact) mass is 465 g/mol. The van der Waals surface area contributed by atoms with E-state index in [0.29, 0.717) is 34.9 Å². The van der Waals surface area contributed by atoms with Crippen molar-refractivity contribution in [2.24, 2.45) is 4.99 Å². The van der Waals surface area contributed by atoms with Crippen molar-refractivity contribution in [3.63, 3.8) is 0 Å². The highest BCUT2D eigenvalue weighted by molar-refractivity contribution is 9.10. The predicted octanol–water partition coefficient (Wildman–Crippen LogP) is 3.94. The Morgan fingerprint density at radius 3 is 2.82 bits per heavy atom. The van der Waals surface area contributed by atoms with Crippen molar-refractivity contribution in [1.82, 2.24) is 4.72 Å². The highest BCUT2D eigenvalue weighted by Gasteiger charge is 2.17. The van der Waals surface area contributed by atoms with Gasteiger partial charge in [-0.25, -0.2) is 8.42 Å². The molecule has 7 nitrogen and oxygen atoms in total. The lowest BCUT2D eigenvalue weighted by molar-refractivity contribution is -0.111. The highest BCUT2D eigenvalue weighted by Crippen LogP contribution is 2.18. The molecule has 0 spiro atoms. The molecule has 0 unspecified atom stereocenters. The fraction of sp³-hybridized carbons (Fsp3) is 0.263. The lowest BCUT2D eigenvalue weighted by Gasteiger charge is -2.11. The number of carbonyl (C=O) groups is 1. The van der Waals surface area contributed by atoms with E-state index < -0.39 is 15.9 Å². The lowest BCUT2D eigenvalue weighted by atomic mass is 10.2. The first kappa shape index (κ1) is 20.3. The molecule has 148 valence electrons. The number of nitrogens with one attached hydrogen (secondary N) is 2. The number of nitrogens with zero attached hydrogens (tertiary/aromatic N) is 1. The van der Waals surface area contributed by atoms with Crippen LogP contribution in [0.15, 0.2) is 61.4 Å². The third kappa shape index (κ3) is 5.80. The summed E-state index contributed by atoms with van der Waals surface area (Å²) in [6.07, 6.45) is 6.37.